The van der Waals surface area contributed by atoms with E-state index >= 15 is 0 Å². The number of rotatable bonds is 4. The summed E-state index contributed by atoms with van der Waals surface area (Å²) < 4.78 is 0. The number of benzene rings is 1. The molecule has 1 heterocycles. The van der Waals surface area contributed by atoms with Crippen LogP contribution in [0.3, 0.4) is 0 Å². The van der Waals surface area contributed by atoms with Gasteiger partial charge in [-0.25, -0.2) is 0 Å². The van der Waals surface area contributed by atoms with Crippen LogP contribution in [0.2, 0.25) is 5.02 Å². The van der Waals surface area contributed by atoms with Gasteiger partial charge in [0, 0.05) is 29.9 Å². The second-order valence-electron chi connectivity index (χ2n) is 6.38. The van der Waals surface area contributed by atoms with E-state index in [1.165, 1.54) is 0 Å². The number of hydrogen-bond donors (Lipinski definition) is 1. The van der Waals surface area contributed by atoms with E-state index in [1.807, 2.05) is 32.9 Å². The number of carboxylic acid groups (broad SMARTS) is 1. The maximum Gasteiger partial charge on any atom is 0.308 e. The first kappa shape index (κ1) is 16.8. The molecule has 1 saturated heterocycles. The molecular weight excluding hydrogens is 302 g/mol. The molecule has 1 aliphatic rings. The standard InChI is InChI=1S/C17H22ClNO3/c1-10(2)11(3)16(20)19-8-14(15(9-19)17(21)22)12-4-6-13(18)7-5-12/h4-7,10-11,14-15H,8-9H2,1-3H3,(H,21,22)/t11?,14-,15+/m0/s1. The molecule has 1 fully saturated rings. The van der Waals surface area contributed by atoms with Crippen LogP contribution in [-0.2, 0) is 9.59 Å². The van der Waals surface area contributed by atoms with E-state index in [1.54, 1.807) is 17.0 Å². The molecule has 120 valence electrons. The topological polar surface area (TPSA) is 57.6 Å². The molecule has 1 unspecified atom stereocenters. The summed E-state index contributed by atoms with van der Waals surface area (Å²) in [7, 11) is 0. The fourth-order valence-electron chi connectivity index (χ4n) is 2.85. The number of nitrogens with zero attached hydrogens (tertiary/aromatic N) is 1. The first-order valence-corrected chi connectivity index (χ1v) is 7.96. The van der Waals surface area contributed by atoms with Crippen LogP contribution in [0.5, 0.6) is 0 Å². The lowest BCUT2D eigenvalue weighted by Gasteiger charge is -2.23. The van der Waals surface area contributed by atoms with Gasteiger partial charge in [-0.05, 0) is 23.6 Å². The molecule has 3 atom stereocenters. The van der Waals surface area contributed by atoms with Gasteiger partial charge in [0.25, 0.3) is 0 Å². The molecule has 4 nitrogen and oxygen atoms in total. The molecule has 5 heteroatoms. The van der Waals surface area contributed by atoms with Gasteiger partial charge in [-0.1, -0.05) is 44.5 Å². The summed E-state index contributed by atoms with van der Waals surface area (Å²) in [5.74, 6) is -1.42. The number of aliphatic carboxylic acids is 1. The maximum absolute atomic E-state index is 12.5. The van der Waals surface area contributed by atoms with Crippen LogP contribution in [0.15, 0.2) is 24.3 Å². The molecular formula is C17H22ClNO3. The third kappa shape index (κ3) is 3.43. The smallest absolute Gasteiger partial charge is 0.308 e. The Morgan fingerprint density at radius 1 is 1.18 bits per heavy atom. The Hall–Kier alpha value is -1.55. The normalized spacial score (nSPS) is 22.9. The Balaban J connectivity index is 2.21. The highest BCUT2D eigenvalue weighted by Crippen LogP contribution is 2.34. The predicted octanol–water partition coefficient (Wildman–Crippen LogP) is 3.26. The van der Waals surface area contributed by atoms with Crippen molar-refractivity contribution >= 4 is 23.5 Å². The van der Waals surface area contributed by atoms with Crippen LogP contribution >= 0.6 is 11.6 Å². The zero-order valence-electron chi connectivity index (χ0n) is 13.1. The van der Waals surface area contributed by atoms with Gasteiger partial charge in [0.2, 0.25) is 5.91 Å². The summed E-state index contributed by atoms with van der Waals surface area (Å²) in [6.07, 6.45) is 0. The average molecular weight is 324 g/mol. The van der Waals surface area contributed by atoms with Crippen molar-refractivity contribution in [3.05, 3.63) is 34.9 Å². The van der Waals surface area contributed by atoms with Gasteiger partial charge in [0.05, 0.1) is 5.92 Å². The minimum atomic E-state index is -0.854. The minimum absolute atomic E-state index is 0.0395. The number of amides is 1. The summed E-state index contributed by atoms with van der Waals surface area (Å²) in [5.41, 5.74) is 0.921. The number of halogens is 1. The molecule has 1 aliphatic heterocycles. The van der Waals surface area contributed by atoms with Crippen molar-refractivity contribution in [3.8, 4) is 0 Å². The molecule has 1 N–H and O–H groups in total. The molecule has 0 radical (unpaired) electrons. The van der Waals surface area contributed by atoms with E-state index in [-0.39, 0.29) is 30.2 Å². The van der Waals surface area contributed by atoms with E-state index in [0.29, 0.717) is 11.6 Å². The Labute approximate surface area is 136 Å². The summed E-state index contributed by atoms with van der Waals surface area (Å²) in [5, 5.41) is 10.1. The van der Waals surface area contributed by atoms with Crippen LogP contribution in [0.4, 0.5) is 0 Å². The van der Waals surface area contributed by atoms with Crippen molar-refractivity contribution in [2.24, 2.45) is 17.8 Å². The molecule has 0 spiro atoms. The zero-order chi connectivity index (χ0) is 16.4. The molecule has 1 amide bonds. The van der Waals surface area contributed by atoms with Gasteiger partial charge in [0.15, 0.2) is 0 Å². The average Bonchev–Trinajstić information content (AvgIpc) is 2.91. The van der Waals surface area contributed by atoms with E-state index < -0.39 is 11.9 Å². The second-order valence-corrected chi connectivity index (χ2v) is 6.82. The third-order valence-electron chi connectivity index (χ3n) is 4.64. The van der Waals surface area contributed by atoms with Crippen LogP contribution in [0.1, 0.15) is 32.3 Å². The molecule has 1 aromatic carbocycles. The van der Waals surface area contributed by atoms with Crippen molar-refractivity contribution in [2.75, 3.05) is 13.1 Å². The van der Waals surface area contributed by atoms with Crippen molar-refractivity contribution in [1.29, 1.82) is 0 Å². The Kier molecular flexibility index (Phi) is 5.12. The first-order chi connectivity index (χ1) is 10.3. The minimum Gasteiger partial charge on any atom is -0.481 e. The summed E-state index contributed by atoms with van der Waals surface area (Å²) >= 11 is 5.89. The largest absolute Gasteiger partial charge is 0.481 e. The zero-order valence-corrected chi connectivity index (χ0v) is 13.9. The van der Waals surface area contributed by atoms with E-state index in [2.05, 4.69) is 0 Å². The van der Waals surface area contributed by atoms with Gasteiger partial charge in [-0.2, -0.15) is 0 Å². The third-order valence-corrected chi connectivity index (χ3v) is 4.89. The highest BCUT2D eigenvalue weighted by molar-refractivity contribution is 6.30. The lowest BCUT2D eigenvalue weighted by atomic mass is 9.89. The van der Waals surface area contributed by atoms with Gasteiger partial charge < -0.3 is 10.0 Å². The highest BCUT2D eigenvalue weighted by atomic mass is 35.5. The van der Waals surface area contributed by atoms with Crippen molar-refractivity contribution in [1.82, 2.24) is 4.90 Å². The number of likely N-dealkylation sites (tertiary alicyclic amines) is 1. The SMILES string of the molecule is CC(C)C(C)C(=O)N1C[C@@H](C(=O)O)[C@H](c2ccc(Cl)cc2)C1. The van der Waals surface area contributed by atoms with Gasteiger partial charge in [0.1, 0.15) is 0 Å². The number of carbonyl (C=O) groups excluding carboxylic acids is 1. The van der Waals surface area contributed by atoms with Crippen LogP contribution in [-0.4, -0.2) is 35.0 Å². The summed E-state index contributed by atoms with van der Waals surface area (Å²) in [6.45, 7) is 6.64. The molecule has 0 bridgehead atoms. The van der Waals surface area contributed by atoms with E-state index in [4.69, 9.17) is 11.6 Å². The van der Waals surface area contributed by atoms with Crippen molar-refractivity contribution < 1.29 is 14.7 Å². The quantitative estimate of drug-likeness (QED) is 0.925. The number of hydrogen-bond acceptors (Lipinski definition) is 2. The summed E-state index contributed by atoms with van der Waals surface area (Å²) in [6, 6.07) is 7.22. The number of carboxylic acids is 1. The lowest BCUT2D eigenvalue weighted by molar-refractivity contribution is -0.142. The van der Waals surface area contributed by atoms with Crippen molar-refractivity contribution in [2.45, 2.75) is 26.7 Å². The lowest BCUT2D eigenvalue weighted by Crippen LogP contribution is -2.36. The van der Waals surface area contributed by atoms with Gasteiger partial charge in [-0.15, -0.1) is 0 Å². The summed E-state index contributed by atoms with van der Waals surface area (Å²) in [4.78, 5) is 25.8. The Morgan fingerprint density at radius 2 is 1.77 bits per heavy atom. The molecule has 0 saturated carbocycles. The second kappa shape index (κ2) is 6.69. The van der Waals surface area contributed by atoms with E-state index in [9.17, 15) is 14.7 Å². The first-order valence-electron chi connectivity index (χ1n) is 7.58. The van der Waals surface area contributed by atoms with Crippen LogP contribution in [0.25, 0.3) is 0 Å². The monoisotopic (exact) mass is 323 g/mol. The van der Waals surface area contributed by atoms with Gasteiger partial charge in [-0.3, -0.25) is 9.59 Å². The van der Waals surface area contributed by atoms with Crippen LogP contribution in [0, 0.1) is 17.8 Å². The fraction of sp³-hybridized carbons (Fsp3) is 0.529. The highest BCUT2D eigenvalue weighted by Gasteiger charge is 2.41. The molecule has 0 aliphatic carbocycles. The molecule has 22 heavy (non-hydrogen) atoms. The van der Waals surface area contributed by atoms with Crippen molar-refractivity contribution in [3.63, 3.8) is 0 Å². The molecule has 2 rings (SSSR count). The maximum atomic E-state index is 12.5. The van der Waals surface area contributed by atoms with Crippen LogP contribution < -0.4 is 0 Å². The molecule has 1 aromatic rings. The fourth-order valence-corrected chi connectivity index (χ4v) is 2.98. The predicted molar refractivity (Wildman–Crippen MR) is 85.9 cm³/mol. The van der Waals surface area contributed by atoms with E-state index in [0.717, 1.165) is 5.56 Å². The Bertz CT molecular complexity index is 556. The Morgan fingerprint density at radius 3 is 2.27 bits per heavy atom. The number of carbonyl (C=O) groups is 2. The van der Waals surface area contributed by atoms with Gasteiger partial charge >= 0.3 is 5.97 Å². The molecule has 0 aromatic heterocycles.